The van der Waals surface area contributed by atoms with Crippen LogP contribution in [0.5, 0.6) is 0 Å². The number of carbonyl (C=O) groups is 1. The lowest BCUT2D eigenvalue weighted by molar-refractivity contribution is -0.168. The third kappa shape index (κ3) is 3.70. The fraction of sp³-hybridized carbons (Fsp3) is 0.417. The van der Waals surface area contributed by atoms with Crippen LogP contribution < -0.4 is 0 Å². The van der Waals surface area contributed by atoms with Crippen LogP contribution >= 0.6 is 12.4 Å². The van der Waals surface area contributed by atoms with Gasteiger partial charge in [0.1, 0.15) is 12.6 Å². The van der Waals surface area contributed by atoms with E-state index in [0.717, 1.165) is 17.0 Å². The van der Waals surface area contributed by atoms with Gasteiger partial charge in [-0.15, -0.1) is 12.4 Å². The predicted octanol–water partition coefficient (Wildman–Crippen LogP) is 2.01. The van der Waals surface area contributed by atoms with E-state index in [-0.39, 0.29) is 25.0 Å². The Labute approximate surface area is 107 Å². The maximum absolute atomic E-state index is 11.6. The first-order valence-corrected chi connectivity index (χ1v) is 5.43. The van der Waals surface area contributed by atoms with E-state index in [1.807, 2.05) is 30.3 Å². The maximum Gasteiger partial charge on any atom is 0.326 e. The minimum absolute atomic E-state index is 0. The number of rotatable bonds is 3. The Morgan fingerprint density at radius 2 is 2.12 bits per heavy atom. The fourth-order valence-electron chi connectivity index (χ4n) is 1.82. The zero-order valence-corrected chi connectivity index (χ0v) is 10.2. The number of halogens is 1. The van der Waals surface area contributed by atoms with Gasteiger partial charge < -0.3 is 9.94 Å². The number of nitrogens with zero attached hydrogens (tertiary/aromatic N) is 1. The van der Waals surface area contributed by atoms with E-state index in [1.54, 1.807) is 0 Å². The van der Waals surface area contributed by atoms with Crippen LogP contribution in [0.2, 0.25) is 0 Å². The Hall–Kier alpha value is -1.10. The van der Waals surface area contributed by atoms with Crippen LogP contribution in [0.4, 0.5) is 0 Å². The molecule has 17 heavy (non-hydrogen) atoms. The molecule has 1 aliphatic rings. The molecule has 0 spiro atoms. The Morgan fingerprint density at radius 3 is 2.71 bits per heavy atom. The van der Waals surface area contributed by atoms with Crippen LogP contribution in [-0.4, -0.2) is 28.8 Å². The van der Waals surface area contributed by atoms with Gasteiger partial charge in [-0.05, 0) is 18.4 Å². The number of esters is 1. The van der Waals surface area contributed by atoms with Crippen molar-refractivity contribution in [2.24, 2.45) is 0 Å². The molecule has 1 fully saturated rings. The smallest absolute Gasteiger partial charge is 0.326 e. The van der Waals surface area contributed by atoms with Crippen LogP contribution in [-0.2, 0) is 16.1 Å². The topological polar surface area (TPSA) is 49.8 Å². The van der Waals surface area contributed by atoms with Crippen LogP contribution in [0.3, 0.4) is 0 Å². The van der Waals surface area contributed by atoms with Gasteiger partial charge in [-0.3, -0.25) is 4.79 Å². The first-order chi connectivity index (χ1) is 7.77. The molecule has 1 unspecified atom stereocenters. The summed E-state index contributed by atoms with van der Waals surface area (Å²) in [7, 11) is 0. The molecule has 5 heteroatoms. The zero-order chi connectivity index (χ0) is 11.4. The molecule has 0 aliphatic carbocycles. The SMILES string of the molecule is Cl.O=C(OCc1ccccc1)C1CCCN1O. The summed E-state index contributed by atoms with van der Waals surface area (Å²) in [5.41, 5.74) is 0.957. The van der Waals surface area contributed by atoms with Crippen molar-refractivity contribution in [3.05, 3.63) is 35.9 Å². The van der Waals surface area contributed by atoms with E-state index >= 15 is 0 Å². The van der Waals surface area contributed by atoms with E-state index in [2.05, 4.69) is 0 Å². The number of ether oxygens (including phenoxy) is 1. The molecule has 0 amide bonds. The quantitative estimate of drug-likeness (QED) is 0.842. The highest BCUT2D eigenvalue weighted by Crippen LogP contribution is 2.16. The van der Waals surface area contributed by atoms with Crippen molar-refractivity contribution < 1.29 is 14.7 Å². The second kappa shape index (κ2) is 6.59. The first-order valence-electron chi connectivity index (χ1n) is 5.43. The van der Waals surface area contributed by atoms with Crippen molar-refractivity contribution in [1.29, 1.82) is 0 Å². The molecular weight excluding hydrogens is 242 g/mol. The van der Waals surface area contributed by atoms with Gasteiger partial charge in [0, 0.05) is 6.54 Å². The van der Waals surface area contributed by atoms with Crippen molar-refractivity contribution in [1.82, 2.24) is 5.06 Å². The lowest BCUT2D eigenvalue weighted by atomic mass is 10.2. The summed E-state index contributed by atoms with van der Waals surface area (Å²) in [6, 6.07) is 9.03. The van der Waals surface area contributed by atoms with Gasteiger partial charge in [-0.2, -0.15) is 5.06 Å². The molecule has 0 aromatic heterocycles. The van der Waals surface area contributed by atoms with Gasteiger partial charge in [0.15, 0.2) is 0 Å². The molecule has 94 valence electrons. The summed E-state index contributed by atoms with van der Waals surface area (Å²) in [5, 5.41) is 10.5. The molecule has 0 radical (unpaired) electrons. The largest absolute Gasteiger partial charge is 0.460 e. The number of hydroxylamine groups is 2. The molecule has 0 bridgehead atoms. The molecule has 0 saturated carbocycles. The highest BCUT2D eigenvalue weighted by molar-refractivity contribution is 5.85. The summed E-state index contributed by atoms with van der Waals surface area (Å²) < 4.78 is 5.14. The highest BCUT2D eigenvalue weighted by atomic mass is 35.5. The normalized spacial score (nSPS) is 19.7. The van der Waals surface area contributed by atoms with Crippen LogP contribution in [0.1, 0.15) is 18.4 Å². The standard InChI is InChI=1S/C12H15NO3.ClH/c14-12(11-7-4-8-13(11)15)16-9-10-5-2-1-3-6-10;/h1-3,5-6,11,15H,4,7-9H2;1H. The molecular formula is C12H16ClNO3. The van der Waals surface area contributed by atoms with Crippen molar-refractivity contribution in [3.8, 4) is 0 Å². The number of benzene rings is 1. The summed E-state index contributed by atoms with van der Waals surface area (Å²) in [5.74, 6) is -0.344. The third-order valence-electron chi connectivity index (χ3n) is 2.72. The van der Waals surface area contributed by atoms with Crippen molar-refractivity contribution in [2.75, 3.05) is 6.54 Å². The highest BCUT2D eigenvalue weighted by Gasteiger charge is 2.30. The average Bonchev–Trinajstić information content (AvgIpc) is 2.74. The van der Waals surface area contributed by atoms with Crippen LogP contribution in [0.15, 0.2) is 30.3 Å². The van der Waals surface area contributed by atoms with Crippen molar-refractivity contribution in [3.63, 3.8) is 0 Å². The second-order valence-electron chi connectivity index (χ2n) is 3.91. The molecule has 1 atom stereocenters. The van der Waals surface area contributed by atoms with Gasteiger partial charge in [0.25, 0.3) is 0 Å². The monoisotopic (exact) mass is 257 g/mol. The van der Waals surface area contributed by atoms with Gasteiger partial charge >= 0.3 is 5.97 Å². The average molecular weight is 258 g/mol. The van der Waals surface area contributed by atoms with E-state index < -0.39 is 6.04 Å². The van der Waals surface area contributed by atoms with E-state index in [9.17, 15) is 10.0 Å². The molecule has 1 aromatic rings. The summed E-state index contributed by atoms with van der Waals surface area (Å²) in [6.07, 6.45) is 1.51. The lowest BCUT2D eigenvalue weighted by Crippen LogP contribution is -2.34. The summed E-state index contributed by atoms with van der Waals surface area (Å²) >= 11 is 0. The molecule has 1 heterocycles. The van der Waals surface area contributed by atoms with Gasteiger partial charge in [0.2, 0.25) is 0 Å². The lowest BCUT2D eigenvalue weighted by Gasteiger charge is -2.15. The summed E-state index contributed by atoms with van der Waals surface area (Å²) in [4.78, 5) is 11.6. The first kappa shape index (κ1) is 14.0. The Kier molecular flexibility index (Phi) is 5.41. The van der Waals surface area contributed by atoms with Crippen molar-refractivity contribution >= 4 is 18.4 Å². The Morgan fingerprint density at radius 1 is 1.41 bits per heavy atom. The number of hydrogen-bond donors (Lipinski definition) is 1. The molecule has 1 aliphatic heterocycles. The molecule has 1 aromatic carbocycles. The predicted molar refractivity (Wildman–Crippen MR) is 65.0 cm³/mol. The summed E-state index contributed by atoms with van der Waals surface area (Å²) in [6.45, 7) is 0.815. The maximum atomic E-state index is 11.6. The van der Waals surface area contributed by atoms with Gasteiger partial charge in [-0.25, -0.2) is 0 Å². The van der Waals surface area contributed by atoms with Crippen LogP contribution in [0, 0.1) is 0 Å². The third-order valence-corrected chi connectivity index (χ3v) is 2.72. The Balaban J connectivity index is 0.00000144. The fourth-order valence-corrected chi connectivity index (χ4v) is 1.82. The van der Waals surface area contributed by atoms with Gasteiger partial charge in [-0.1, -0.05) is 30.3 Å². The van der Waals surface area contributed by atoms with Gasteiger partial charge in [0.05, 0.1) is 0 Å². The molecule has 2 rings (SSSR count). The second-order valence-corrected chi connectivity index (χ2v) is 3.91. The number of hydrogen-bond acceptors (Lipinski definition) is 4. The molecule has 1 saturated heterocycles. The minimum Gasteiger partial charge on any atom is -0.460 e. The van der Waals surface area contributed by atoms with E-state index in [0.29, 0.717) is 13.0 Å². The Bertz CT molecular complexity index is 358. The zero-order valence-electron chi connectivity index (χ0n) is 9.41. The molecule has 4 nitrogen and oxygen atoms in total. The number of carbonyl (C=O) groups excluding carboxylic acids is 1. The van der Waals surface area contributed by atoms with E-state index in [4.69, 9.17) is 4.74 Å². The minimum atomic E-state index is -0.483. The van der Waals surface area contributed by atoms with Crippen molar-refractivity contribution in [2.45, 2.75) is 25.5 Å². The molecule has 1 N–H and O–H groups in total. The van der Waals surface area contributed by atoms with E-state index in [1.165, 1.54) is 0 Å². The van der Waals surface area contributed by atoms with Crippen LogP contribution in [0.25, 0.3) is 0 Å².